The van der Waals surface area contributed by atoms with E-state index in [1.54, 1.807) is 36.4 Å². The van der Waals surface area contributed by atoms with Gasteiger partial charge in [0.25, 0.3) is 5.91 Å². The molecule has 0 saturated carbocycles. The van der Waals surface area contributed by atoms with Crippen LogP contribution in [0.3, 0.4) is 0 Å². The van der Waals surface area contributed by atoms with E-state index in [2.05, 4.69) is 5.32 Å². The molecule has 0 aliphatic rings. The molecule has 7 heteroatoms. The van der Waals surface area contributed by atoms with E-state index in [4.69, 9.17) is 11.6 Å². The van der Waals surface area contributed by atoms with Crippen LogP contribution < -0.4 is 5.32 Å². The van der Waals surface area contributed by atoms with Gasteiger partial charge in [0, 0.05) is 10.7 Å². The molecule has 1 aromatic heterocycles. The lowest BCUT2D eigenvalue weighted by molar-refractivity contribution is 0.103. The third-order valence-electron chi connectivity index (χ3n) is 3.56. The molecule has 3 rings (SSSR count). The molecule has 128 valence electrons. The van der Waals surface area contributed by atoms with Crippen molar-refractivity contribution in [3.63, 3.8) is 0 Å². The Morgan fingerprint density at radius 1 is 1.04 bits per heavy atom. The zero-order valence-electron chi connectivity index (χ0n) is 13.2. The van der Waals surface area contributed by atoms with Crippen molar-refractivity contribution in [1.29, 1.82) is 0 Å². The van der Waals surface area contributed by atoms with E-state index in [0.29, 0.717) is 15.6 Å². The third kappa shape index (κ3) is 3.76. The first-order chi connectivity index (χ1) is 11.9. The summed E-state index contributed by atoms with van der Waals surface area (Å²) in [5, 5.41) is 3.36. The maximum atomic E-state index is 12.6. The predicted molar refractivity (Wildman–Crippen MR) is 100 cm³/mol. The van der Waals surface area contributed by atoms with Gasteiger partial charge >= 0.3 is 0 Å². The predicted octanol–water partition coefficient (Wildman–Crippen LogP) is 4.80. The number of nitrogens with one attached hydrogen (secondary N) is 1. The van der Waals surface area contributed by atoms with Crippen LogP contribution in [0.25, 0.3) is 0 Å². The first kappa shape index (κ1) is 17.7. The largest absolute Gasteiger partial charge is 0.321 e. The Morgan fingerprint density at radius 3 is 2.44 bits per heavy atom. The molecule has 4 nitrogen and oxygen atoms in total. The summed E-state index contributed by atoms with van der Waals surface area (Å²) in [6.07, 6.45) is 0. The van der Waals surface area contributed by atoms with Gasteiger partial charge in [-0.3, -0.25) is 4.79 Å². The van der Waals surface area contributed by atoms with Crippen LogP contribution in [-0.4, -0.2) is 14.3 Å². The standard InChI is InChI=1S/C18H14ClNO3S2/c1-12-11-13(19)7-8-15(12)20-18(21)16-9-10-17(24-16)25(22,23)14-5-3-2-4-6-14/h2-11H,1H3,(H,20,21). The van der Waals surface area contributed by atoms with Crippen LogP contribution >= 0.6 is 22.9 Å². The van der Waals surface area contributed by atoms with E-state index in [1.165, 1.54) is 24.3 Å². The Balaban J connectivity index is 1.85. The summed E-state index contributed by atoms with van der Waals surface area (Å²) < 4.78 is 25.3. The van der Waals surface area contributed by atoms with Gasteiger partial charge in [-0.1, -0.05) is 29.8 Å². The third-order valence-corrected chi connectivity index (χ3v) is 7.14. The molecule has 0 atom stereocenters. The van der Waals surface area contributed by atoms with E-state index in [0.717, 1.165) is 16.9 Å². The fourth-order valence-electron chi connectivity index (χ4n) is 2.25. The van der Waals surface area contributed by atoms with Crippen molar-refractivity contribution in [2.24, 2.45) is 0 Å². The van der Waals surface area contributed by atoms with Gasteiger partial charge in [-0.2, -0.15) is 0 Å². The van der Waals surface area contributed by atoms with E-state index >= 15 is 0 Å². The number of halogens is 1. The lowest BCUT2D eigenvalue weighted by Crippen LogP contribution is -2.11. The molecular weight excluding hydrogens is 378 g/mol. The molecule has 0 aliphatic heterocycles. The van der Waals surface area contributed by atoms with Crippen molar-refractivity contribution in [1.82, 2.24) is 0 Å². The number of sulfone groups is 1. The highest BCUT2D eigenvalue weighted by molar-refractivity contribution is 7.93. The minimum atomic E-state index is -3.62. The van der Waals surface area contributed by atoms with Crippen LogP contribution in [0.1, 0.15) is 15.2 Å². The number of carbonyl (C=O) groups excluding carboxylic acids is 1. The highest BCUT2D eigenvalue weighted by atomic mass is 35.5. The second-order valence-electron chi connectivity index (χ2n) is 5.35. The fourth-order valence-corrected chi connectivity index (χ4v) is 5.10. The first-order valence-corrected chi connectivity index (χ1v) is 10.0. The number of benzene rings is 2. The molecule has 0 unspecified atom stereocenters. The molecule has 0 aliphatic carbocycles. The van der Waals surface area contributed by atoms with Crippen LogP contribution in [0.5, 0.6) is 0 Å². The van der Waals surface area contributed by atoms with Crippen molar-refractivity contribution in [3.8, 4) is 0 Å². The van der Waals surface area contributed by atoms with Crippen LogP contribution in [0.4, 0.5) is 5.69 Å². The maximum absolute atomic E-state index is 12.6. The quantitative estimate of drug-likeness (QED) is 0.695. The van der Waals surface area contributed by atoms with Gasteiger partial charge in [-0.25, -0.2) is 8.42 Å². The number of amides is 1. The second-order valence-corrected chi connectivity index (χ2v) is 9.05. The van der Waals surface area contributed by atoms with Gasteiger partial charge in [0.1, 0.15) is 4.21 Å². The van der Waals surface area contributed by atoms with E-state index in [1.807, 2.05) is 6.92 Å². The molecule has 0 saturated heterocycles. The number of carbonyl (C=O) groups is 1. The molecule has 0 radical (unpaired) electrons. The van der Waals surface area contributed by atoms with E-state index in [-0.39, 0.29) is 15.0 Å². The molecule has 1 amide bonds. The molecule has 25 heavy (non-hydrogen) atoms. The van der Waals surface area contributed by atoms with Gasteiger partial charge in [0.15, 0.2) is 0 Å². The van der Waals surface area contributed by atoms with E-state index < -0.39 is 9.84 Å². The van der Waals surface area contributed by atoms with Crippen molar-refractivity contribution in [2.75, 3.05) is 5.32 Å². The summed E-state index contributed by atoms with van der Waals surface area (Å²) in [5.41, 5.74) is 1.46. The molecule has 3 aromatic rings. The highest BCUT2D eigenvalue weighted by Crippen LogP contribution is 2.28. The van der Waals surface area contributed by atoms with Crippen molar-refractivity contribution < 1.29 is 13.2 Å². The minimum absolute atomic E-state index is 0.136. The topological polar surface area (TPSA) is 63.2 Å². The summed E-state index contributed by atoms with van der Waals surface area (Å²) in [6.45, 7) is 1.83. The molecule has 0 bridgehead atoms. The van der Waals surface area contributed by atoms with Crippen LogP contribution in [-0.2, 0) is 9.84 Å². The summed E-state index contributed by atoms with van der Waals surface area (Å²) in [6, 6.07) is 16.3. The fraction of sp³-hybridized carbons (Fsp3) is 0.0556. The summed E-state index contributed by atoms with van der Waals surface area (Å²) >= 11 is 6.85. The van der Waals surface area contributed by atoms with Crippen LogP contribution in [0, 0.1) is 6.92 Å². The van der Waals surface area contributed by atoms with Crippen molar-refractivity contribution >= 4 is 44.4 Å². The lowest BCUT2D eigenvalue weighted by Gasteiger charge is -2.07. The Labute approximate surface area is 155 Å². The summed E-state index contributed by atoms with van der Waals surface area (Å²) in [5.74, 6) is -0.357. The molecular formula is C18H14ClNO3S2. The molecule has 0 fully saturated rings. The second kappa shape index (κ2) is 7.00. The van der Waals surface area contributed by atoms with E-state index in [9.17, 15) is 13.2 Å². The number of aryl methyl sites for hydroxylation is 1. The summed E-state index contributed by atoms with van der Waals surface area (Å²) in [7, 11) is -3.62. The van der Waals surface area contributed by atoms with Gasteiger partial charge in [-0.15, -0.1) is 11.3 Å². The van der Waals surface area contributed by atoms with Gasteiger partial charge in [0.05, 0.1) is 9.77 Å². The zero-order valence-corrected chi connectivity index (χ0v) is 15.6. The Kier molecular flexibility index (Phi) is 4.94. The van der Waals surface area contributed by atoms with Gasteiger partial charge < -0.3 is 5.32 Å². The van der Waals surface area contributed by atoms with Crippen molar-refractivity contribution in [3.05, 3.63) is 76.1 Å². The van der Waals surface area contributed by atoms with Crippen LogP contribution in [0.2, 0.25) is 5.02 Å². The molecule has 2 aromatic carbocycles. The van der Waals surface area contributed by atoms with Crippen molar-refractivity contribution in [2.45, 2.75) is 16.0 Å². The Hall–Kier alpha value is -2.15. The monoisotopic (exact) mass is 391 g/mol. The summed E-state index contributed by atoms with van der Waals surface area (Å²) in [4.78, 5) is 12.9. The van der Waals surface area contributed by atoms with Crippen LogP contribution in [0.15, 0.2) is 69.8 Å². The zero-order chi connectivity index (χ0) is 18.0. The SMILES string of the molecule is Cc1cc(Cl)ccc1NC(=O)c1ccc(S(=O)(=O)c2ccccc2)s1. The van der Waals surface area contributed by atoms with Gasteiger partial charge in [-0.05, 0) is 55.0 Å². The number of anilines is 1. The minimum Gasteiger partial charge on any atom is -0.321 e. The first-order valence-electron chi connectivity index (χ1n) is 7.35. The lowest BCUT2D eigenvalue weighted by atomic mass is 10.2. The smallest absolute Gasteiger partial charge is 0.265 e. The maximum Gasteiger partial charge on any atom is 0.265 e. The molecule has 1 heterocycles. The number of rotatable bonds is 4. The Bertz CT molecular complexity index is 1030. The van der Waals surface area contributed by atoms with Gasteiger partial charge in [0.2, 0.25) is 9.84 Å². The average molecular weight is 392 g/mol. The number of thiophene rings is 1. The highest BCUT2D eigenvalue weighted by Gasteiger charge is 2.21. The number of hydrogen-bond donors (Lipinski definition) is 1. The average Bonchev–Trinajstić information content (AvgIpc) is 3.09. The molecule has 0 spiro atoms. The molecule has 1 N–H and O–H groups in total. The Morgan fingerprint density at radius 2 is 1.76 bits per heavy atom. The normalized spacial score (nSPS) is 11.3. The number of hydrogen-bond acceptors (Lipinski definition) is 4.